The lowest BCUT2D eigenvalue weighted by molar-refractivity contribution is 0.0838. The zero-order valence-electron chi connectivity index (χ0n) is 11.4. The molecule has 0 spiro atoms. The molecule has 19 heavy (non-hydrogen) atoms. The average Bonchev–Trinajstić information content (AvgIpc) is 2.93. The lowest BCUT2D eigenvalue weighted by Crippen LogP contribution is -2.47. The van der Waals surface area contributed by atoms with Gasteiger partial charge in [-0.05, 0) is 56.0 Å². The molecule has 104 valence electrons. The van der Waals surface area contributed by atoms with Gasteiger partial charge in [0.1, 0.15) is 0 Å². The highest BCUT2D eigenvalue weighted by atomic mass is 32.2. The molecule has 1 fully saturated rings. The quantitative estimate of drug-likeness (QED) is 0.914. The molecular formula is C15H21NO2S. The molecule has 1 saturated heterocycles. The van der Waals surface area contributed by atoms with Crippen molar-refractivity contribution in [2.75, 3.05) is 20.3 Å². The van der Waals surface area contributed by atoms with Crippen molar-refractivity contribution in [1.29, 1.82) is 0 Å². The maximum absolute atomic E-state index is 12.8. The molecule has 0 aromatic heterocycles. The topological polar surface area (TPSA) is 38.3 Å². The lowest BCUT2D eigenvalue weighted by Gasteiger charge is -2.30. The zero-order chi connectivity index (χ0) is 13.2. The number of hydrogen-bond acceptors (Lipinski definition) is 3. The van der Waals surface area contributed by atoms with Crippen LogP contribution in [0.3, 0.4) is 0 Å². The minimum Gasteiger partial charge on any atom is -0.380 e. The Morgan fingerprint density at radius 2 is 2.16 bits per heavy atom. The smallest absolute Gasteiger partial charge is 0.0781 e. The molecule has 0 radical (unpaired) electrons. The first-order valence-electron chi connectivity index (χ1n) is 7.07. The van der Waals surface area contributed by atoms with Crippen molar-refractivity contribution in [2.45, 2.75) is 41.9 Å². The van der Waals surface area contributed by atoms with Crippen LogP contribution in [0.2, 0.25) is 0 Å². The summed E-state index contributed by atoms with van der Waals surface area (Å²) in [7, 11) is 0.968. The fourth-order valence-corrected chi connectivity index (χ4v) is 4.70. The van der Waals surface area contributed by atoms with Crippen molar-refractivity contribution in [3.63, 3.8) is 0 Å². The van der Waals surface area contributed by atoms with E-state index in [0.717, 1.165) is 24.3 Å². The molecule has 1 aromatic carbocycles. The molecule has 1 aromatic rings. The largest absolute Gasteiger partial charge is 0.380 e. The molecule has 1 aliphatic carbocycles. The van der Waals surface area contributed by atoms with E-state index in [1.165, 1.54) is 24.0 Å². The van der Waals surface area contributed by atoms with Crippen molar-refractivity contribution in [3.05, 3.63) is 29.3 Å². The number of rotatable bonds is 3. The summed E-state index contributed by atoms with van der Waals surface area (Å²) < 4.78 is 18.3. The summed E-state index contributed by atoms with van der Waals surface area (Å²) in [6.45, 7) is 1.36. The molecule has 3 nitrogen and oxygen atoms in total. The molecule has 0 saturated carbocycles. The summed E-state index contributed by atoms with van der Waals surface area (Å²) in [5.74, 6) is 0. The average molecular weight is 279 g/mol. The Morgan fingerprint density at radius 3 is 3.00 bits per heavy atom. The first-order chi connectivity index (χ1) is 9.29. The van der Waals surface area contributed by atoms with Crippen molar-refractivity contribution < 1.29 is 8.95 Å². The predicted octanol–water partition coefficient (Wildman–Crippen LogP) is 1.66. The first kappa shape index (κ1) is 13.3. The Bertz CT molecular complexity index is 489. The standard InChI is InChI=1S/C15H21NO2S/c1-16-14-7-8-18-10-15(14)19(17)13-6-5-11-3-2-4-12(11)9-13/h5-6,9,14-16H,2-4,7-8,10H2,1H3. The van der Waals surface area contributed by atoms with Crippen molar-refractivity contribution in [3.8, 4) is 0 Å². The molecule has 2 aliphatic rings. The highest BCUT2D eigenvalue weighted by Gasteiger charge is 2.30. The third-order valence-electron chi connectivity index (χ3n) is 4.25. The summed E-state index contributed by atoms with van der Waals surface area (Å²) in [5.41, 5.74) is 2.83. The van der Waals surface area contributed by atoms with E-state index in [0.29, 0.717) is 12.6 Å². The summed E-state index contributed by atoms with van der Waals surface area (Å²) >= 11 is 0. The molecular weight excluding hydrogens is 258 g/mol. The Balaban J connectivity index is 1.82. The fraction of sp³-hybridized carbons (Fsp3) is 0.600. The second-order valence-corrected chi connectivity index (χ2v) is 7.05. The molecule has 4 heteroatoms. The Morgan fingerprint density at radius 1 is 1.32 bits per heavy atom. The minimum atomic E-state index is -0.980. The van der Waals surface area contributed by atoms with Crippen LogP contribution in [-0.4, -0.2) is 35.8 Å². The van der Waals surface area contributed by atoms with Crippen molar-refractivity contribution in [1.82, 2.24) is 5.32 Å². The number of aryl methyl sites for hydroxylation is 2. The van der Waals surface area contributed by atoms with Crippen LogP contribution in [0.25, 0.3) is 0 Å². The highest BCUT2D eigenvalue weighted by molar-refractivity contribution is 7.85. The van der Waals surface area contributed by atoms with Gasteiger partial charge in [0.25, 0.3) is 0 Å². The molecule has 0 bridgehead atoms. The van der Waals surface area contributed by atoms with Crippen LogP contribution >= 0.6 is 0 Å². The fourth-order valence-electron chi connectivity index (χ4n) is 3.10. The Kier molecular flexibility index (Phi) is 4.01. The van der Waals surface area contributed by atoms with Crippen molar-refractivity contribution >= 4 is 10.8 Å². The van der Waals surface area contributed by atoms with E-state index in [1.54, 1.807) is 0 Å². The van der Waals surface area contributed by atoms with Crippen LogP contribution in [0, 0.1) is 0 Å². The van der Waals surface area contributed by atoms with Gasteiger partial charge in [0.2, 0.25) is 0 Å². The van der Waals surface area contributed by atoms with E-state index in [9.17, 15) is 4.21 Å². The van der Waals surface area contributed by atoms with E-state index >= 15 is 0 Å². The molecule has 0 amide bonds. The second kappa shape index (κ2) is 5.73. The van der Waals surface area contributed by atoms with E-state index in [4.69, 9.17) is 4.74 Å². The number of fused-ring (bicyclic) bond motifs is 1. The van der Waals surface area contributed by atoms with Gasteiger partial charge in [-0.2, -0.15) is 0 Å². The molecule has 3 rings (SSSR count). The second-order valence-electron chi connectivity index (χ2n) is 5.38. The van der Waals surface area contributed by atoms with Gasteiger partial charge >= 0.3 is 0 Å². The van der Waals surface area contributed by atoms with Crippen LogP contribution in [0.4, 0.5) is 0 Å². The van der Waals surface area contributed by atoms with E-state index < -0.39 is 10.8 Å². The number of ether oxygens (including phenoxy) is 1. The number of hydrogen-bond donors (Lipinski definition) is 1. The summed E-state index contributed by atoms with van der Waals surface area (Å²) in [5, 5.41) is 3.35. The van der Waals surface area contributed by atoms with Gasteiger partial charge in [0.05, 0.1) is 22.7 Å². The Hall–Kier alpha value is -0.710. The van der Waals surface area contributed by atoms with Gasteiger partial charge in [0.15, 0.2) is 0 Å². The zero-order valence-corrected chi connectivity index (χ0v) is 12.2. The van der Waals surface area contributed by atoms with Gasteiger partial charge in [-0.3, -0.25) is 4.21 Å². The van der Waals surface area contributed by atoms with Crippen LogP contribution in [0.5, 0.6) is 0 Å². The molecule has 1 aliphatic heterocycles. The van der Waals surface area contributed by atoms with E-state index in [2.05, 4.69) is 17.4 Å². The highest BCUT2D eigenvalue weighted by Crippen LogP contribution is 2.26. The third-order valence-corrected chi connectivity index (χ3v) is 5.99. The minimum absolute atomic E-state index is 0.0678. The van der Waals surface area contributed by atoms with Gasteiger partial charge in [-0.1, -0.05) is 6.07 Å². The molecule has 1 heterocycles. The van der Waals surface area contributed by atoms with Crippen LogP contribution in [-0.2, 0) is 28.4 Å². The van der Waals surface area contributed by atoms with Crippen molar-refractivity contribution in [2.24, 2.45) is 0 Å². The van der Waals surface area contributed by atoms with Gasteiger partial charge in [0, 0.05) is 17.5 Å². The van der Waals surface area contributed by atoms with E-state index in [1.807, 2.05) is 13.1 Å². The lowest BCUT2D eigenvalue weighted by atomic mass is 10.1. The van der Waals surface area contributed by atoms with Crippen LogP contribution < -0.4 is 5.32 Å². The number of nitrogens with one attached hydrogen (secondary N) is 1. The third kappa shape index (κ3) is 2.62. The van der Waals surface area contributed by atoms with Crippen LogP contribution in [0.15, 0.2) is 23.1 Å². The van der Waals surface area contributed by atoms with E-state index in [-0.39, 0.29) is 5.25 Å². The monoisotopic (exact) mass is 279 g/mol. The van der Waals surface area contributed by atoms with Gasteiger partial charge in [-0.25, -0.2) is 0 Å². The Labute approximate surface area is 117 Å². The first-order valence-corrected chi connectivity index (χ1v) is 8.28. The maximum atomic E-state index is 12.8. The summed E-state index contributed by atoms with van der Waals surface area (Å²) in [6, 6.07) is 6.65. The molecule has 1 N–H and O–H groups in total. The van der Waals surface area contributed by atoms with Gasteiger partial charge in [-0.15, -0.1) is 0 Å². The van der Waals surface area contributed by atoms with Gasteiger partial charge < -0.3 is 10.1 Å². The summed E-state index contributed by atoms with van der Waals surface area (Å²) in [4.78, 5) is 0.969. The normalized spacial score (nSPS) is 28.1. The summed E-state index contributed by atoms with van der Waals surface area (Å²) in [6.07, 6.45) is 4.49. The SMILES string of the molecule is CNC1CCOCC1S(=O)c1ccc2c(c1)CCC2. The van der Waals surface area contributed by atoms with Crippen LogP contribution in [0.1, 0.15) is 24.0 Å². The maximum Gasteiger partial charge on any atom is 0.0781 e. The number of benzene rings is 1. The predicted molar refractivity (Wildman–Crippen MR) is 76.9 cm³/mol. The molecule has 3 unspecified atom stereocenters. The molecule has 3 atom stereocenters.